The molecular weight excluding hydrogens is 338 g/mol. The van der Waals surface area contributed by atoms with Gasteiger partial charge in [-0.15, -0.1) is 0 Å². The number of aryl methyl sites for hydroxylation is 1. The predicted molar refractivity (Wildman–Crippen MR) is 110 cm³/mol. The third-order valence-corrected chi connectivity index (χ3v) is 5.31. The maximum atomic E-state index is 5.49. The Morgan fingerprint density at radius 3 is 2.56 bits per heavy atom. The van der Waals surface area contributed by atoms with Gasteiger partial charge < -0.3 is 20.3 Å². The monoisotopic (exact) mass is 367 g/mol. The minimum Gasteiger partial charge on any atom is -0.378 e. The lowest BCUT2D eigenvalue weighted by Crippen LogP contribution is -2.36. The Bertz CT molecular complexity index is 754. The summed E-state index contributed by atoms with van der Waals surface area (Å²) < 4.78 is 5.49. The average molecular weight is 367 g/mol. The highest BCUT2D eigenvalue weighted by atomic mass is 16.5. The molecule has 0 atom stereocenters. The summed E-state index contributed by atoms with van der Waals surface area (Å²) in [7, 11) is 0. The van der Waals surface area contributed by atoms with Crippen LogP contribution < -0.4 is 15.5 Å². The van der Waals surface area contributed by atoms with Gasteiger partial charge in [-0.2, -0.15) is 0 Å². The van der Waals surface area contributed by atoms with Crippen LogP contribution in [0.5, 0.6) is 0 Å². The maximum Gasteiger partial charge on any atom is 0.136 e. The molecule has 0 unspecified atom stereocenters. The van der Waals surface area contributed by atoms with Gasteiger partial charge in [-0.1, -0.05) is 31.4 Å². The van der Waals surface area contributed by atoms with Crippen molar-refractivity contribution in [1.82, 2.24) is 9.97 Å². The van der Waals surface area contributed by atoms with Crippen molar-refractivity contribution in [3.05, 3.63) is 36.2 Å². The summed E-state index contributed by atoms with van der Waals surface area (Å²) in [6.45, 7) is 5.32. The van der Waals surface area contributed by atoms with E-state index in [2.05, 4.69) is 49.8 Å². The highest BCUT2D eigenvalue weighted by Crippen LogP contribution is 2.29. The van der Waals surface area contributed by atoms with Crippen LogP contribution in [0.3, 0.4) is 0 Å². The van der Waals surface area contributed by atoms with Crippen LogP contribution in [0.4, 0.5) is 23.0 Å². The largest absolute Gasteiger partial charge is 0.378 e. The van der Waals surface area contributed by atoms with Gasteiger partial charge in [0.1, 0.15) is 17.5 Å². The molecule has 2 heterocycles. The summed E-state index contributed by atoms with van der Waals surface area (Å²) in [6, 6.07) is 11.0. The van der Waals surface area contributed by atoms with Gasteiger partial charge in [0, 0.05) is 25.2 Å². The van der Waals surface area contributed by atoms with Crippen LogP contribution in [-0.4, -0.2) is 42.3 Å². The van der Waals surface area contributed by atoms with Gasteiger partial charge in [-0.3, -0.25) is 0 Å². The number of ether oxygens (including phenoxy) is 1. The number of morpholine rings is 1. The normalized spacial score (nSPS) is 18.3. The Labute approximate surface area is 161 Å². The lowest BCUT2D eigenvalue weighted by Gasteiger charge is -2.30. The number of rotatable bonds is 5. The van der Waals surface area contributed by atoms with Crippen molar-refractivity contribution in [3.8, 4) is 0 Å². The molecule has 1 saturated carbocycles. The second-order valence-electron chi connectivity index (χ2n) is 7.41. The molecule has 27 heavy (non-hydrogen) atoms. The molecule has 2 aliphatic rings. The molecule has 1 aromatic heterocycles. The first kappa shape index (κ1) is 18.0. The molecule has 1 aliphatic heterocycles. The molecule has 0 bridgehead atoms. The van der Waals surface area contributed by atoms with Gasteiger partial charge in [-0.05, 0) is 31.9 Å². The lowest BCUT2D eigenvalue weighted by molar-refractivity contribution is 0.123. The van der Waals surface area contributed by atoms with Crippen LogP contribution >= 0.6 is 0 Å². The minimum absolute atomic E-state index is 0.529. The molecule has 0 radical (unpaired) electrons. The zero-order valence-corrected chi connectivity index (χ0v) is 16.1. The zero-order valence-electron chi connectivity index (χ0n) is 16.1. The fourth-order valence-electron chi connectivity index (χ4n) is 3.96. The van der Waals surface area contributed by atoms with Crippen molar-refractivity contribution >= 4 is 23.0 Å². The molecule has 2 N–H and O–H groups in total. The minimum atomic E-state index is 0.529. The molecule has 1 aliphatic carbocycles. The Balaban J connectivity index is 1.52. The van der Waals surface area contributed by atoms with E-state index < -0.39 is 0 Å². The number of anilines is 4. The molecule has 144 valence electrons. The van der Waals surface area contributed by atoms with E-state index in [-0.39, 0.29) is 0 Å². The molecule has 1 saturated heterocycles. The Hall–Kier alpha value is -2.34. The number of para-hydroxylation sites is 2. The number of hydrogen-bond acceptors (Lipinski definition) is 6. The van der Waals surface area contributed by atoms with Gasteiger partial charge in [0.05, 0.1) is 24.6 Å². The van der Waals surface area contributed by atoms with Gasteiger partial charge in [0.2, 0.25) is 0 Å². The van der Waals surface area contributed by atoms with Crippen LogP contribution in [0.15, 0.2) is 30.3 Å². The lowest BCUT2D eigenvalue weighted by atomic mass is 9.95. The highest BCUT2D eigenvalue weighted by Gasteiger charge is 2.16. The molecule has 0 spiro atoms. The molecule has 1 aromatic carbocycles. The van der Waals surface area contributed by atoms with E-state index >= 15 is 0 Å². The van der Waals surface area contributed by atoms with Crippen LogP contribution in [0.25, 0.3) is 0 Å². The smallest absolute Gasteiger partial charge is 0.136 e. The summed E-state index contributed by atoms with van der Waals surface area (Å²) in [4.78, 5) is 11.6. The topological polar surface area (TPSA) is 62.3 Å². The van der Waals surface area contributed by atoms with E-state index in [1.54, 1.807) is 0 Å². The van der Waals surface area contributed by atoms with Crippen LogP contribution in [0.2, 0.25) is 0 Å². The van der Waals surface area contributed by atoms with Crippen molar-refractivity contribution in [3.63, 3.8) is 0 Å². The first-order chi connectivity index (χ1) is 13.3. The second-order valence-corrected chi connectivity index (χ2v) is 7.41. The van der Waals surface area contributed by atoms with Crippen molar-refractivity contribution in [2.45, 2.75) is 45.1 Å². The Morgan fingerprint density at radius 1 is 1.00 bits per heavy atom. The van der Waals surface area contributed by atoms with Crippen LogP contribution in [0.1, 0.15) is 37.9 Å². The van der Waals surface area contributed by atoms with Crippen molar-refractivity contribution in [2.75, 3.05) is 41.8 Å². The van der Waals surface area contributed by atoms with Gasteiger partial charge >= 0.3 is 0 Å². The first-order valence-corrected chi connectivity index (χ1v) is 10.1. The van der Waals surface area contributed by atoms with Gasteiger partial charge in [0.25, 0.3) is 0 Å². The Kier molecular flexibility index (Phi) is 5.72. The maximum absolute atomic E-state index is 5.49. The quantitative estimate of drug-likeness (QED) is 0.829. The summed E-state index contributed by atoms with van der Waals surface area (Å²) in [5.74, 6) is 2.53. The fourth-order valence-corrected chi connectivity index (χ4v) is 3.96. The molecule has 2 fully saturated rings. The van der Waals surface area contributed by atoms with Gasteiger partial charge in [0.15, 0.2) is 0 Å². The molecule has 6 heteroatoms. The van der Waals surface area contributed by atoms with Crippen LogP contribution in [0, 0.1) is 6.92 Å². The zero-order chi connectivity index (χ0) is 18.5. The fraction of sp³-hybridized carbons (Fsp3) is 0.524. The summed E-state index contributed by atoms with van der Waals surface area (Å²) in [5.41, 5.74) is 2.26. The summed E-state index contributed by atoms with van der Waals surface area (Å²) >= 11 is 0. The van der Waals surface area contributed by atoms with Crippen molar-refractivity contribution in [1.29, 1.82) is 0 Å². The standard InChI is InChI=1S/C21H29N5O/c1-16-22-20(24-17-7-3-2-4-8-17)15-21(23-16)25-18-9-5-6-10-19(18)26-11-13-27-14-12-26/h5-6,9-10,15,17H,2-4,7-8,11-14H2,1H3,(H2,22,23,24,25). The average Bonchev–Trinajstić information content (AvgIpc) is 2.69. The number of benzene rings is 1. The molecular formula is C21H29N5O. The first-order valence-electron chi connectivity index (χ1n) is 10.1. The van der Waals surface area contributed by atoms with E-state index in [1.165, 1.54) is 37.8 Å². The third kappa shape index (κ3) is 4.69. The number of hydrogen-bond donors (Lipinski definition) is 2. The molecule has 6 nitrogen and oxygen atoms in total. The molecule has 4 rings (SSSR count). The number of nitrogens with one attached hydrogen (secondary N) is 2. The van der Waals surface area contributed by atoms with E-state index in [1.807, 2.05) is 13.0 Å². The van der Waals surface area contributed by atoms with Crippen molar-refractivity contribution < 1.29 is 4.74 Å². The molecule has 2 aromatic rings. The van der Waals surface area contributed by atoms with Gasteiger partial charge in [-0.25, -0.2) is 9.97 Å². The molecule has 0 amide bonds. The van der Waals surface area contributed by atoms with E-state index in [0.717, 1.165) is 49.5 Å². The second kappa shape index (κ2) is 8.57. The number of aromatic nitrogens is 2. The van der Waals surface area contributed by atoms with Crippen molar-refractivity contribution in [2.24, 2.45) is 0 Å². The van der Waals surface area contributed by atoms with E-state index in [9.17, 15) is 0 Å². The summed E-state index contributed by atoms with van der Waals surface area (Å²) in [5, 5.41) is 7.12. The SMILES string of the molecule is Cc1nc(Nc2ccccc2N2CCOCC2)cc(NC2CCCCC2)n1. The summed E-state index contributed by atoms with van der Waals surface area (Å²) in [6.07, 6.45) is 6.42. The Morgan fingerprint density at radius 2 is 1.74 bits per heavy atom. The predicted octanol–water partition coefficient (Wildman–Crippen LogP) is 4.11. The third-order valence-electron chi connectivity index (χ3n) is 5.31. The van der Waals surface area contributed by atoms with E-state index in [4.69, 9.17) is 4.74 Å². The number of nitrogens with zero attached hydrogens (tertiary/aromatic N) is 3. The van der Waals surface area contributed by atoms with Crippen LogP contribution in [-0.2, 0) is 4.74 Å². The highest BCUT2D eigenvalue weighted by molar-refractivity contribution is 5.75. The van der Waals surface area contributed by atoms with E-state index in [0.29, 0.717) is 6.04 Å².